The second-order valence-electron chi connectivity index (χ2n) is 4.19. The van der Waals surface area contributed by atoms with Gasteiger partial charge in [-0.05, 0) is 11.5 Å². The average Bonchev–Trinajstić information content (AvgIpc) is 2.45. The Morgan fingerprint density at radius 3 is 2.47 bits per heavy atom. The molecular weight excluding hydrogens is 244 g/mol. The van der Waals surface area contributed by atoms with Crippen molar-refractivity contribution in [3.8, 4) is 0 Å². The Balaban J connectivity index is 2.15. The Morgan fingerprint density at radius 2 is 1.74 bits per heavy atom. The number of aliphatic hydroxyl groups is 2. The first-order chi connectivity index (χ1) is 9.24. The van der Waals surface area contributed by atoms with Crippen molar-refractivity contribution in [1.29, 1.82) is 0 Å². The van der Waals surface area contributed by atoms with E-state index in [-0.39, 0.29) is 13.2 Å². The maximum Gasteiger partial charge on any atom is 0.319 e. The lowest BCUT2D eigenvalue weighted by Gasteiger charge is -2.15. The summed E-state index contributed by atoms with van der Waals surface area (Å²) in [4.78, 5) is 11.7. The molecule has 0 radical (unpaired) electrons. The largest absolute Gasteiger partial charge is 0.394 e. The number of nitrogens with one attached hydrogen (secondary N) is 2. The lowest BCUT2D eigenvalue weighted by molar-refractivity contribution is 0.172. The van der Waals surface area contributed by atoms with Crippen LogP contribution >= 0.6 is 0 Å². The van der Waals surface area contributed by atoms with Gasteiger partial charge in [0.25, 0.3) is 0 Å². The number of hydrogen-bond donors (Lipinski definition) is 4. The predicted octanol–water partition coefficient (Wildman–Crippen LogP) is 1.31. The van der Waals surface area contributed by atoms with Crippen LogP contribution in [0.5, 0.6) is 0 Å². The average molecular weight is 260 g/mol. The summed E-state index contributed by atoms with van der Waals surface area (Å²) in [5.74, 6) is 0. The zero-order valence-electron chi connectivity index (χ0n) is 10.3. The molecule has 4 N–H and O–H groups in total. The topological polar surface area (TPSA) is 81.6 Å². The number of rotatable bonds is 4. The summed E-state index contributed by atoms with van der Waals surface area (Å²) in [7, 11) is 0. The molecule has 2 aromatic carbocycles. The van der Waals surface area contributed by atoms with Gasteiger partial charge < -0.3 is 20.8 Å². The molecule has 19 heavy (non-hydrogen) atoms. The van der Waals surface area contributed by atoms with Crippen LogP contribution in [0.15, 0.2) is 42.5 Å². The molecule has 2 amide bonds. The van der Waals surface area contributed by atoms with Crippen LogP contribution < -0.4 is 10.6 Å². The summed E-state index contributed by atoms with van der Waals surface area (Å²) in [6, 6.07) is 12.2. The number of hydrogen-bond acceptors (Lipinski definition) is 3. The molecule has 2 aromatic rings. The number of amides is 2. The van der Waals surface area contributed by atoms with Crippen LogP contribution in [0.3, 0.4) is 0 Å². The lowest BCUT2D eigenvalue weighted by atomic mass is 10.1. The molecule has 0 fully saturated rings. The summed E-state index contributed by atoms with van der Waals surface area (Å²) in [6.45, 7) is -0.612. The molecule has 100 valence electrons. The normalized spacial score (nSPS) is 10.7. The van der Waals surface area contributed by atoms with Crippen molar-refractivity contribution >= 4 is 22.5 Å². The van der Waals surface area contributed by atoms with Crippen LogP contribution in [0.2, 0.25) is 0 Å². The van der Waals surface area contributed by atoms with Crippen LogP contribution in [0.4, 0.5) is 10.5 Å². The van der Waals surface area contributed by atoms with Gasteiger partial charge in [0, 0.05) is 5.39 Å². The van der Waals surface area contributed by atoms with E-state index in [9.17, 15) is 4.79 Å². The van der Waals surface area contributed by atoms with Crippen LogP contribution in [0, 0.1) is 0 Å². The van der Waals surface area contributed by atoms with Crippen LogP contribution in [0.1, 0.15) is 0 Å². The third-order valence-corrected chi connectivity index (χ3v) is 2.81. The molecule has 5 heteroatoms. The van der Waals surface area contributed by atoms with Crippen molar-refractivity contribution in [3.05, 3.63) is 42.5 Å². The second kappa shape index (κ2) is 6.17. The Kier molecular flexibility index (Phi) is 4.33. The molecule has 5 nitrogen and oxygen atoms in total. The fourth-order valence-electron chi connectivity index (χ4n) is 1.83. The number of benzene rings is 2. The molecule has 0 aliphatic carbocycles. The Bertz CT molecular complexity index is 562. The highest BCUT2D eigenvalue weighted by atomic mass is 16.3. The van der Waals surface area contributed by atoms with Gasteiger partial charge in [-0.3, -0.25) is 0 Å². The molecular formula is C14H16N2O3. The van der Waals surface area contributed by atoms with Gasteiger partial charge in [-0.25, -0.2) is 4.79 Å². The summed E-state index contributed by atoms with van der Waals surface area (Å²) >= 11 is 0. The van der Waals surface area contributed by atoms with E-state index in [2.05, 4.69) is 10.6 Å². The van der Waals surface area contributed by atoms with E-state index < -0.39 is 12.1 Å². The minimum atomic E-state index is -0.657. The summed E-state index contributed by atoms with van der Waals surface area (Å²) in [5.41, 5.74) is 0.685. The van der Waals surface area contributed by atoms with Crippen molar-refractivity contribution in [2.45, 2.75) is 6.04 Å². The molecule has 0 unspecified atom stereocenters. The Hall–Kier alpha value is -2.11. The van der Waals surface area contributed by atoms with Crippen molar-refractivity contribution < 1.29 is 15.0 Å². The lowest BCUT2D eigenvalue weighted by Crippen LogP contribution is -2.42. The van der Waals surface area contributed by atoms with Gasteiger partial charge in [-0.15, -0.1) is 0 Å². The van der Waals surface area contributed by atoms with Gasteiger partial charge in [-0.2, -0.15) is 0 Å². The molecule has 0 aliphatic rings. The van der Waals surface area contributed by atoms with Gasteiger partial charge >= 0.3 is 6.03 Å². The quantitative estimate of drug-likeness (QED) is 0.669. The summed E-state index contributed by atoms with van der Waals surface area (Å²) in [5, 5.41) is 25.0. The number of carbonyl (C=O) groups excluding carboxylic acids is 1. The smallest absolute Gasteiger partial charge is 0.319 e. The SMILES string of the molecule is O=C(Nc1cccc2ccccc12)NC(CO)CO. The van der Waals surface area contributed by atoms with Crippen molar-refractivity contribution in [2.24, 2.45) is 0 Å². The maximum absolute atomic E-state index is 11.7. The predicted molar refractivity (Wildman–Crippen MR) is 74.1 cm³/mol. The van der Waals surface area contributed by atoms with Gasteiger partial charge in [0.2, 0.25) is 0 Å². The van der Waals surface area contributed by atoms with Gasteiger partial charge in [0.05, 0.1) is 24.9 Å². The van der Waals surface area contributed by atoms with Crippen molar-refractivity contribution in [3.63, 3.8) is 0 Å². The number of carbonyl (C=O) groups is 1. The van der Waals surface area contributed by atoms with Crippen molar-refractivity contribution in [1.82, 2.24) is 5.32 Å². The first kappa shape index (κ1) is 13.3. The minimum Gasteiger partial charge on any atom is -0.394 e. The van der Waals surface area contributed by atoms with E-state index in [1.54, 1.807) is 6.07 Å². The van der Waals surface area contributed by atoms with E-state index in [4.69, 9.17) is 10.2 Å². The molecule has 0 bridgehead atoms. The van der Waals surface area contributed by atoms with Gasteiger partial charge in [-0.1, -0.05) is 36.4 Å². The molecule has 0 spiro atoms. The maximum atomic E-state index is 11.7. The van der Waals surface area contributed by atoms with E-state index in [0.29, 0.717) is 5.69 Å². The molecule has 0 saturated carbocycles. The Labute approximate surface area is 110 Å². The second-order valence-corrected chi connectivity index (χ2v) is 4.19. The van der Waals surface area contributed by atoms with E-state index >= 15 is 0 Å². The summed E-state index contributed by atoms with van der Waals surface area (Å²) in [6.07, 6.45) is 0. The fourth-order valence-corrected chi connectivity index (χ4v) is 1.83. The molecule has 0 heterocycles. The van der Waals surface area contributed by atoms with E-state index in [1.807, 2.05) is 36.4 Å². The van der Waals surface area contributed by atoms with Crippen LogP contribution in [-0.4, -0.2) is 35.5 Å². The molecule has 0 aromatic heterocycles. The number of urea groups is 1. The zero-order valence-corrected chi connectivity index (χ0v) is 10.3. The number of anilines is 1. The molecule has 0 aliphatic heterocycles. The minimum absolute atomic E-state index is 0.306. The van der Waals surface area contributed by atoms with E-state index in [0.717, 1.165) is 10.8 Å². The molecule has 0 saturated heterocycles. The first-order valence-electron chi connectivity index (χ1n) is 6.01. The third-order valence-electron chi connectivity index (χ3n) is 2.81. The number of aliphatic hydroxyl groups excluding tert-OH is 2. The van der Waals surface area contributed by atoms with Gasteiger partial charge in [0.15, 0.2) is 0 Å². The van der Waals surface area contributed by atoms with Crippen LogP contribution in [0.25, 0.3) is 10.8 Å². The highest BCUT2D eigenvalue weighted by molar-refractivity contribution is 6.01. The first-order valence-corrected chi connectivity index (χ1v) is 6.01. The Morgan fingerprint density at radius 1 is 1.05 bits per heavy atom. The van der Waals surface area contributed by atoms with Crippen LogP contribution in [-0.2, 0) is 0 Å². The highest BCUT2D eigenvalue weighted by Crippen LogP contribution is 2.22. The summed E-state index contributed by atoms with van der Waals surface area (Å²) < 4.78 is 0. The fraction of sp³-hybridized carbons (Fsp3) is 0.214. The molecule has 0 atom stereocenters. The highest BCUT2D eigenvalue weighted by Gasteiger charge is 2.10. The standard InChI is InChI=1S/C14H16N2O3/c17-8-11(9-18)15-14(19)16-13-7-3-5-10-4-1-2-6-12(10)13/h1-7,11,17-18H,8-9H2,(H2,15,16,19). The van der Waals surface area contributed by atoms with Gasteiger partial charge in [0.1, 0.15) is 0 Å². The van der Waals surface area contributed by atoms with Crippen molar-refractivity contribution in [2.75, 3.05) is 18.5 Å². The molecule has 2 rings (SSSR count). The number of fused-ring (bicyclic) bond motifs is 1. The van der Waals surface area contributed by atoms with E-state index in [1.165, 1.54) is 0 Å². The third kappa shape index (κ3) is 3.21. The monoisotopic (exact) mass is 260 g/mol. The zero-order chi connectivity index (χ0) is 13.7.